The number of carbonyl (C=O) groups is 2. The van der Waals surface area contributed by atoms with E-state index in [4.69, 9.17) is 0 Å². The lowest BCUT2D eigenvalue weighted by Gasteiger charge is -2.24. The second-order valence-corrected chi connectivity index (χ2v) is 7.73. The quantitative estimate of drug-likeness (QED) is 0.383. The van der Waals surface area contributed by atoms with Crippen molar-refractivity contribution in [3.05, 3.63) is 99.5 Å². The molecule has 1 aliphatic rings. The lowest BCUT2D eigenvalue weighted by molar-refractivity contribution is -0.139. The summed E-state index contributed by atoms with van der Waals surface area (Å²) in [6.45, 7) is 0.282. The third-order valence-corrected chi connectivity index (χ3v) is 5.88. The summed E-state index contributed by atoms with van der Waals surface area (Å²) in [7, 11) is 0. The van der Waals surface area contributed by atoms with Crippen LogP contribution in [0.15, 0.2) is 77.7 Å². The molecule has 1 fully saturated rings. The Balaban J connectivity index is 1.72. The fourth-order valence-corrected chi connectivity index (χ4v) is 4.35. The highest BCUT2D eigenvalue weighted by atomic mass is 32.1. The Kier molecular flexibility index (Phi) is 5.27. The van der Waals surface area contributed by atoms with E-state index in [1.54, 1.807) is 36.4 Å². The molecule has 0 saturated carbocycles. The van der Waals surface area contributed by atoms with E-state index < -0.39 is 17.7 Å². The number of aliphatic hydroxyl groups excluding tert-OH is 1. The summed E-state index contributed by atoms with van der Waals surface area (Å²) < 4.78 is 13.1. The maximum absolute atomic E-state index is 13.1. The number of hydrogen-bond donors (Lipinski definition) is 1. The Morgan fingerprint density at radius 2 is 1.72 bits per heavy atom. The molecule has 1 N–H and O–H groups in total. The van der Waals surface area contributed by atoms with Gasteiger partial charge in [0.15, 0.2) is 0 Å². The van der Waals surface area contributed by atoms with Gasteiger partial charge >= 0.3 is 0 Å². The van der Waals surface area contributed by atoms with E-state index in [1.807, 2.05) is 23.6 Å². The molecular formula is C23H18FNO3S. The van der Waals surface area contributed by atoms with Crippen molar-refractivity contribution < 1.29 is 19.1 Å². The third-order valence-electron chi connectivity index (χ3n) is 4.95. The van der Waals surface area contributed by atoms with Gasteiger partial charge in [0.1, 0.15) is 11.6 Å². The number of thiophene rings is 1. The van der Waals surface area contributed by atoms with Gasteiger partial charge in [-0.2, -0.15) is 0 Å². The van der Waals surface area contributed by atoms with Crippen molar-refractivity contribution in [2.75, 3.05) is 6.54 Å². The number of aliphatic hydroxyl groups is 1. The van der Waals surface area contributed by atoms with Crippen molar-refractivity contribution in [2.45, 2.75) is 12.5 Å². The lowest BCUT2D eigenvalue weighted by atomic mass is 10.00. The summed E-state index contributed by atoms with van der Waals surface area (Å²) in [6.07, 6.45) is 0.473. The summed E-state index contributed by atoms with van der Waals surface area (Å²) >= 11 is 1.43. The molecule has 4 nitrogen and oxygen atoms in total. The van der Waals surface area contributed by atoms with E-state index in [9.17, 15) is 19.1 Å². The van der Waals surface area contributed by atoms with Gasteiger partial charge in [0.05, 0.1) is 11.6 Å². The molecule has 1 atom stereocenters. The fourth-order valence-electron chi connectivity index (χ4n) is 3.51. The number of carbonyl (C=O) groups excluding carboxylic acids is 2. The van der Waals surface area contributed by atoms with Crippen molar-refractivity contribution in [1.29, 1.82) is 0 Å². The van der Waals surface area contributed by atoms with Gasteiger partial charge in [-0.1, -0.05) is 48.5 Å². The zero-order chi connectivity index (χ0) is 20.4. The summed E-state index contributed by atoms with van der Waals surface area (Å²) in [6, 6.07) is 17.9. The van der Waals surface area contributed by atoms with Crippen molar-refractivity contribution in [2.24, 2.45) is 0 Å². The minimum absolute atomic E-state index is 0.0998. The first-order chi connectivity index (χ1) is 14.1. The van der Waals surface area contributed by atoms with Crippen LogP contribution >= 0.6 is 11.3 Å². The predicted molar refractivity (Wildman–Crippen MR) is 110 cm³/mol. The van der Waals surface area contributed by atoms with Crippen LogP contribution in [0.5, 0.6) is 0 Å². The first-order valence-electron chi connectivity index (χ1n) is 9.18. The molecule has 0 spiro atoms. The summed E-state index contributed by atoms with van der Waals surface area (Å²) in [5.41, 5.74) is 1.45. The van der Waals surface area contributed by atoms with Crippen LogP contribution in [-0.4, -0.2) is 28.2 Å². The topological polar surface area (TPSA) is 57.6 Å². The van der Waals surface area contributed by atoms with E-state index in [2.05, 4.69) is 0 Å². The van der Waals surface area contributed by atoms with Crippen LogP contribution < -0.4 is 0 Å². The average Bonchev–Trinajstić information content (AvgIpc) is 3.35. The molecule has 1 aliphatic heterocycles. The molecule has 3 aromatic rings. The van der Waals surface area contributed by atoms with E-state index in [0.717, 1.165) is 10.4 Å². The van der Waals surface area contributed by atoms with Crippen molar-refractivity contribution in [1.82, 2.24) is 4.90 Å². The number of nitrogens with zero attached hydrogens (tertiary/aromatic N) is 1. The smallest absolute Gasteiger partial charge is 0.295 e. The van der Waals surface area contributed by atoms with Crippen molar-refractivity contribution in [3.8, 4) is 0 Å². The molecule has 0 radical (unpaired) electrons. The minimum atomic E-state index is -0.691. The number of likely N-dealkylation sites (tertiary alicyclic amines) is 1. The number of rotatable bonds is 5. The zero-order valence-corrected chi connectivity index (χ0v) is 16.2. The number of amides is 1. The molecule has 2 heterocycles. The lowest BCUT2D eigenvalue weighted by Crippen LogP contribution is -2.31. The normalized spacial score (nSPS) is 18.4. The summed E-state index contributed by atoms with van der Waals surface area (Å²) in [5.74, 6) is -1.82. The maximum Gasteiger partial charge on any atom is 0.295 e. The average molecular weight is 407 g/mol. The summed E-state index contributed by atoms with van der Waals surface area (Å²) in [5, 5.41) is 12.7. The van der Waals surface area contributed by atoms with Crippen molar-refractivity contribution in [3.63, 3.8) is 0 Å². The number of hydrogen-bond acceptors (Lipinski definition) is 4. The van der Waals surface area contributed by atoms with Crippen LogP contribution in [0.3, 0.4) is 0 Å². The van der Waals surface area contributed by atoms with Crippen LogP contribution in [0.25, 0.3) is 5.76 Å². The van der Waals surface area contributed by atoms with Gasteiger partial charge in [0.25, 0.3) is 11.7 Å². The molecule has 1 unspecified atom stereocenters. The number of benzene rings is 2. The maximum atomic E-state index is 13.1. The first-order valence-corrected chi connectivity index (χ1v) is 10.1. The summed E-state index contributed by atoms with van der Waals surface area (Å²) in [4.78, 5) is 27.9. The van der Waals surface area contributed by atoms with Gasteiger partial charge < -0.3 is 10.0 Å². The monoisotopic (exact) mass is 407 g/mol. The molecule has 0 aliphatic carbocycles. The highest BCUT2D eigenvalue weighted by Crippen LogP contribution is 2.41. The van der Waals surface area contributed by atoms with Gasteiger partial charge in [-0.3, -0.25) is 9.59 Å². The number of ketones is 1. The Bertz CT molecular complexity index is 1060. The Hall–Kier alpha value is -3.25. The third kappa shape index (κ3) is 3.71. The Morgan fingerprint density at radius 1 is 1.00 bits per heavy atom. The van der Waals surface area contributed by atoms with Gasteiger partial charge in [0.2, 0.25) is 0 Å². The van der Waals surface area contributed by atoms with E-state index in [-0.39, 0.29) is 23.7 Å². The van der Waals surface area contributed by atoms with Crippen LogP contribution in [0, 0.1) is 5.82 Å². The van der Waals surface area contributed by atoms with Crippen LogP contribution in [-0.2, 0) is 16.0 Å². The van der Waals surface area contributed by atoms with Gasteiger partial charge in [-0.25, -0.2) is 4.39 Å². The molecule has 6 heteroatoms. The fraction of sp³-hybridized carbons (Fsp3) is 0.130. The molecule has 146 valence electrons. The standard InChI is InChI=1S/C23H18FNO3S/c24-17-10-8-15(9-11-17)12-13-25-20(18-7-4-14-29-18)19(22(27)23(25)28)21(26)16-5-2-1-3-6-16/h1-11,14,20,26H,12-13H2/b21-19-. The van der Waals surface area contributed by atoms with Gasteiger partial charge in [-0.15, -0.1) is 11.3 Å². The molecule has 29 heavy (non-hydrogen) atoms. The first kappa shape index (κ1) is 19.1. The van der Waals surface area contributed by atoms with E-state index in [0.29, 0.717) is 12.0 Å². The van der Waals surface area contributed by atoms with E-state index in [1.165, 1.54) is 28.4 Å². The number of halogens is 1. The Morgan fingerprint density at radius 3 is 2.38 bits per heavy atom. The molecule has 1 saturated heterocycles. The largest absolute Gasteiger partial charge is 0.507 e. The predicted octanol–water partition coefficient (Wildman–Crippen LogP) is 4.55. The van der Waals surface area contributed by atoms with Gasteiger partial charge in [0, 0.05) is 17.0 Å². The second kappa shape index (κ2) is 8.01. The molecular weight excluding hydrogens is 389 g/mol. The van der Waals surface area contributed by atoms with Crippen LogP contribution in [0.4, 0.5) is 4.39 Å². The van der Waals surface area contributed by atoms with Gasteiger partial charge in [-0.05, 0) is 35.6 Å². The molecule has 1 amide bonds. The van der Waals surface area contributed by atoms with Crippen molar-refractivity contribution >= 4 is 28.8 Å². The zero-order valence-electron chi connectivity index (χ0n) is 15.4. The SMILES string of the molecule is O=C1C(=O)N(CCc2ccc(F)cc2)C(c2cccs2)/C1=C(/O)c1ccccc1. The molecule has 1 aromatic heterocycles. The Labute approximate surface area is 171 Å². The van der Waals surface area contributed by atoms with E-state index >= 15 is 0 Å². The molecule has 0 bridgehead atoms. The number of Topliss-reactive ketones (excluding diaryl/α,β-unsaturated/α-hetero) is 1. The highest BCUT2D eigenvalue weighted by molar-refractivity contribution is 7.10. The molecule has 4 rings (SSSR count). The molecule has 2 aromatic carbocycles. The highest BCUT2D eigenvalue weighted by Gasteiger charge is 2.46. The van der Waals surface area contributed by atoms with Crippen LogP contribution in [0.1, 0.15) is 22.0 Å². The minimum Gasteiger partial charge on any atom is -0.507 e. The second-order valence-electron chi connectivity index (χ2n) is 6.75. The van der Waals surface area contributed by atoms with Crippen LogP contribution in [0.2, 0.25) is 0 Å².